The van der Waals surface area contributed by atoms with Crippen LogP contribution in [0.5, 0.6) is 23.0 Å². The van der Waals surface area contributed by atoms with E-state index in [1.165, 1.54) is 7.11 Å². The van der Waals surface area contributed by atoms with Crippen LogP contribution in [0.2, 0.25) is 0 Å². The first kappa shape index (κ1) is 17.4. The minimum Gasteiger partial charge on any atom is -0.465 e. The number of carbonyl (C=O) groups excluding carboxylic acids is 1. The highest BCUT2D eigenvalue weighted by Gasteiger charge is 2.34. The molecule has 0 radical (unpaired) electrons. The normalized spacial score (nSPS) is 18.0. The lowest BCUT2D eigenvalue weighted by molar-refractivity contribution is -0.0912. The van der Waals surface area contributed by atoms with Crippen LogP contribution in [-0.4, -0.2) is 31.8 Å². The molecular weight excluding hydrogens is 392 g/mol. The summed E-state index contributed by atoms with van der Waals surface area (Å²) in [7, 11) is 1.33. The summed E-state index contributed by atoms with van der Waals surface area (Å²) in [5, 5.41) is 11.9. The molecule has 3 aromatic rings. The summed E-state index contributed by atoms with van der Waals surface area (Å²) in [6.45, 7) is 0.339. The SMILES string of the molecule is COC(=O)c1c2c(c3cc4c(cc3c1-c1ccc3c(c1)OCO3)OCO4)C(O)OC2. The Bertz CT molecular complexity index is 1230. The molecule has 8 nitrogen and oxygen atoms in total. The lowest BCUT2D eigenvalue weighted by Gasteiger charge is -2.18. The van der Waals surface area contributed by atoms with Crippen LogP contribution in [0.3, 0.4) is 0 Å². The van der Waals surface area contributed by atoms with Crippen molar-refractivity contribution in [3.8, 4) is 34.1 Å². The highest BCUT2D eigenvalue weighted by Crippen LogP contribution is 2.49. The number of aliphatic hydroxyl groups excluding tert-OH is 1. The van der Waals surface area contributed by atoms with E-state index in [9.17, 15) is 9.90 Å². The van der Waals surface area contributed by atoms with Gasteiger partial charge in [-0.2, -0.15) is 0 Å². The molecule has 3 aliphatic heterocycles. The summed E-state index contributed by atoms with van der Waals surface area (Å²) in [6, 6.07) is 9.11. The van der Waals surface area contributed by atoms with Gasteiger partial charge >= 0.3 is 5.97 Å². The van der Waals surface area contributed by atoms with Crippen molar-refractivity contribution >= 4 is 16.7 Å². The van der Waals surface area contributed by atoms with E-state index in [0.29, 0.717) is 50.6 Å². The minimum atomic E-state index is -1.16. The van der Waals surface area contributed by atoms with Gasteiger partial charge in [-0.25, -0.2) is 4.79 Å². The van der Waals surface area contributed by atoms with Crippen LogP contribution in [-0.2, 0) is 16.1 Å². The van der Waals surface area contributed by atoms with E-state index in [0.717, 1.165) is 10.9 Å². The van der Waals surface area contributed by atoms with Gasteiger partial charge in [-0.15, -0.1) is 0 Å². The average Bonchev–Trinajstić information content (AvgIpc) is 3.49. The molecule has 0 aromatic heterocycles. The summed E-state index contributed by atoms with van der Waals surface area (Å²) in [4.78, 5) is 12.9. The predicted molar refractivity (Wildman–Crippen MR) is 103 cm³/mol. The molecule has 0 fully saturated rings. The van der Waals surface area contributed by atoms with Crippen LogP contribution in [0.15, 0.2) is 30.3 Å². The first-order chi connectivity index (χ1) is 14.7. The summed E-state index contributed by atoms with van der Waals surface area (Å²) < 4.78 is 32.6. The molecule has 0 aliphatic carbocycles. The molecule has 8 heteroatoms. The largest absolute Gasteiger partial charge is 0.465 e. The van der Waals surface area contributed by atoms with Crippen molar-refractivity contribution in [3.63, 3.8) is 0 Å². The van der Waals surface area contributed by atoms with Crippen LogP contribution in [0.25, 0.3) is 21.9 Å². The van der Waals surface area contributed by atoms with Crippen molar-refractivity contribution in [1.29, 1.82) is 0 Å². The summed E-state index contributed by atoms with van der Waals surface area (Å²) in [5.41, 5.74) is 2.86. The number of esters is 1. The molecule has 1 unspecified atom stereocenters. The fourth-order valence-corrected chi connectivity index (χ4v) is 4.31. The third-order valence-electron chi connectivity index (χ3n) is 5.63. The third kappa shape index (κ3) is 2.31. The topological polar surface area (TPSA) is 92.7 Å². The van der Waals surface area contributed by atoms with E-state index >= 15 is 0 Å². The number of carbonyl (C=O) groups is 1. The molecule has 0 bridgehead atoms. The Morgan fingerprint density at radius 3 is 2.37 bits per heavy atom. The highest BCUT2D eigenvalue weighted by molar-refractivity contribution is 6.12. The van der Waals surface area contributed by atoms with Crippen molar-refractivity contribution in [2.24, 2.45) is 0 Å². The number of hydrogen-bond donors (Lipinski definition) is 1. The minimum absolute atomic E-state index is 0.0862. The van der Waals surface area contributed by atoms with E-state index in [1.807, 2.05) is 24.3 Å². The van der Waals surface area contributed by atoms with E-state index in [2.05, 4.69) is 0 Å². The van der Waals surface area contributed by atoms with Crippen LogP contribution in [0.4, 0.5) is 0 Å². The zero-order chi connectivity index (χ0) is 20.4. The van der Waals surface area contributed by atoms with Crippen LogP contribution < -0.4 is 18.9 Å². The number of rotatable bonds is 2. The molecule has 1 atom stereocenters. The van der Waals surface area contributed by atoms with Gasteiger partial charge in [0.25, 0.3) is 0 Å². The van der Waals surface area contributed by atoms with Gasteiger partial charge in [-0.05, 0) is 40.6 Å². The maximum atomic E-state index is 12.9. The first-order valence-electron chi connectivity index (χ1n) is 9.36. The molecule has 6 rings (SSSR count). The fraction of sp³-hybridized carbons (Fsp3) is 0.227. The number of aliphatic hydroxyl groups is 1. The smallest absolute Gasteiger partial charge is 0.338 e. The van der Waals surface area contributed by atoms with Crippen LogP contribution >= 0.6 is 0 Å². The Morgan fingerprint density at radius 1 is 0.967 bits per heavy atom. The maximum Gasteiger partial charge on any atom is 0.338 e. The van der Waals surface area contributed by atoms with E-state index < -0.39 is 12.3 Å². The van der Waals surface area contributed by atoms with Gasteiger partial charge in [-0.1, -0.05) is 6.07 Å². The van der Waals surface area contributed by atoms with Gasteiger partial charge in [0.1, 0.15) is 0 Å². The van der Waals surface area contributed by atoms with Crippen LogP contribution in [0.1, 0.15) is 27.8 Å². The van der Waals surface area contributed by atoms with Crippen molar-refractivity contribution < 1.29 is 38.3 Å². The lowest BCUT2D eigenvalue weighted by Crippen LogP contribution is -2.10. The van der Waals surface area contributed by atoms with Gasteiger partial charge in [-0.3, -0.25) is 0 Å². The summed E-state index contributed by atoms with van der Waals surface area (Å²) in [6.07, 6.45) is -1.16. The highest BCUT2D eigenvalue weighted by atomic mass is 16.7. The Labute approximate surface area is 170 Å². The van der Waals surface area contributed by atoms with Gasteiger partial charge in [0.2, 0.25) is 13.6 Å². The molecule has 0 spiro atoms. The third-order valence-corrected chi connectivity index (χ3v) is 5.63. The van der Waals surface area contributed by atoms with Crippen molar-refractivity contribution in [2.75, 3.05) is 20.7 Å². The van der Waals surface area contributed by atoms with E-state index in [-0.39, 0.29) is 20.2 Å². The molecule has 0 saturated heterocycles. The fourth-order valence-electron chi connectivity index (χ4n) is 4.31. The standard InChI is InChI=1S/C22H16O8/c1-25-21(23)20-13-7-26-22(24)19(13)12-6-17-16(29-9-30-17)5-11(12)18(20)10-2-3-14-15(4-10)28-8-27-14/h2-6,22,24H,7-9H2,1H3. The molecule has 30 heavy (non-hydrogen) atoms. The van der Waals surface area contributed by atoms with Crippen molar-refractivity contribution in [1.82, 2.24) is 0 Å². The molecule has 0 saturated carbocycles. The van der Waals surface area contributed by atoms with Crippen molar-refractivity contribution in [3.05, 3.63) is 47.0 Å². The average molecular weight is 408 g/mol. The Morgan fingerprint density at radius 2 is 1.63 bits per heavy atom. The number of fused-ring (bicyclic) bond motifs is 5. The van der Waals surface area contributed by atoms with E-state index in [4.69, 9.17) is 28.4 Å². The molecule has 3 aliphatic rings. The summed E-state index contributed by atoms with van der Waals surface area (Å²) >= 11 is 0. The van der Waals surface area contributed by atoms with Gasteiger partial charge in [0.15, 0.2) is 29.3 Å². The molecule has 0 amide bonds. The monoisotopic (exact) mass is 408 g/mol. The zero-order valence-corrected chi connectivity index (χ0v) is 15.9. The molecule has 1 N–H and O–H groups in total. The van der Waals surface area contributed by atoms with Gasteiger partial charge in [0, 0.05) is 16.7 Å². The van der Waals surface area contributed by atoms with Crippen LogP contribution in [0, 0.1) is 0 Å². The van der Waals surface area contributed by atoms with Gasteiger partial charge in [0.05, 0.1) is 19.3 Å². The molecule has 3 aromatic carbocycles. The Hall–Kier alpha value is -3.49. The quantitative estimate of drug-likeness (QED) is 0.646. The number of ether oxygens (including phenoxy) is 6. The first-order valence-corrected chi connectivity index (χ1v) is 9.36. The maximum absolute atomic E-state index is 12.9. The second kappa shape index (κ2) is 6.25. The number of methoxy groups -OCH3 is 1. The predicted octanol–water partition coefficient (Wildman–Crippen LogP) is 3.27. The summed E-state index contributed by atoms with van der Waals surface area (Å²) in [5.74, 6) is 1.85. The van der Waals surface area contributed by atoms with E-state index in [1.54, 1.807) is 6.07 Å². The molecule has 152 valence electrons. The Balaban J connectivity index is 1.75. The second-order valence-electron chi connectivity index (χ2n) is 7.12. The van der Waals surface area contributed by atoms with Gasteiger partial charge < -0.3 is 33.5 Å². The molecule has 3 heterocycles. The number of hydrogen-bond acceptors (Lipinski definition) is 8. The zero-order valence-electron chi connectivity index (χ0n) is 15.9. The number of benzene rings is 3. The molecular formula is C22H16O8. The second-order valence-corrected chi connectivity index (χ2v) is 7.12. The lowest BCUT2D eigenvalue weighted by atomic mass is 9.86. The van der Waals surface area contributed by atoms with Crippen molar-refractivity contribution in [2.45, 2.75) is 12.9 Å². The Kier molecular flexibility index (Phi) is 3.62.